The van der Waals surface area contributed by atoms with Crippen LogP contribution in [0.15, 0.2) is 36.4 Å². The highest BCUT2D eigenvalue weighted by Crippen LogP contribution is 2.21. The van der Waals surface area contributed by atoms with Crippen LogP contribution in [0.1, 0.15) is 27.0 Å². The van der Waals surface area contributed by atoms with Gasteiger partial charge in [0.1, 0.15) is 5.82 Å². The van der Waals surface area contributed by atoms with Crippen LogP contribution in [0.25, 0.3) is 0 Å². The number of ketones is 1. The molecule has 1 nitrogen and oxygen atoms in total. The van der Waals surface area contributed by atoms with E-state index in [0.717, 1.165) is 5.56 Å². The van der Waals surface area contributed by atoms with Gasteiger partial charge in [-0.2, -0.15) is 0 Å². The standard InChI is InChI=1S/C15H12ClFO/c1-9-3-6-12(13(16)7-9)15(18)11-5-4-10(2)14(17)8-11/h3-8H,1-2H3. The zero-order valence-electron chi connectivity index (χ0n) is 10.1. The van der Waals surface area contributed by atoms with Crippen molar-refractivity contribution < 1.29 is 9.18 Å². The second kappa shape index (κ2) is 4.91. The molecule has 0 saturated heterocycles. The van der Waals surface area contributed by atoms with Crippen molar-refractivity contribution >= 4 is 17.4 Å². The molecule has 2 aromatic rings. The summed E-state index contributed by atoms with van der Waals surface area (Å²) in [4.78, 5) is 12.2. The monoisotopic (exact) mass is 262 g/mol. The van der Waals surface area contributed by atoms with Crippen molar-refractivity contribution in [2.75, 3.05) is 0 Å². The van der Waals surface area contributed by atoms with E-state index in [0.29, 0.717) is 21.7 Å². The highest BCUT2D eigenvalue weighted by atomic mass is 35.5. The summed E-state index contributed by atoms with van der Waals surface area (Å²) in [6, 6.07) is 9.64. The van der Waals surface area contributed by atoms with Crippen LogP contribution in [-0.4, -0.2) is 5.78 Å². The SMILES string of the molecule is Cc1ccc(C(=O)c2ccc(C)c(F)c2)c(Cl)c1. The molecular weight excluding hydrogens is 251 g/mol. The average Bonchev–Trinajstić information content (AvgIpc) is 2.32. The van der Waals surface area contributed by atoms with Crippen molar-refractivity contribution in [3.8, 4) is 0 Å². The topological polar surface area (TPSA) is 17.1 Å². The Morgan fingerprint density at radius 2 is 1.83 bits per heavy atom. The summed E-state index contributed by atoms with van der Waals surface area (Å²) in [5.41, 5.74) is 2.20. The van der Waals surface area contributed by atoms with Gasteiger partial charge in [0.25, 0.3) is 0 Å². The fourth-order valence-corrected chi connectivity index (χ4v) is 2.01. The Balaban J connectivity index is 2.44. The summed E-state index contributed by atoms with van der Waals surface area (Å²) in [5.74, 6) is -0.650. The van der Waals surface area contributed by atoms with Crippen molar-refractivity contribution in [2.45, 2.75) is 13.8 Å². The molecule has 0 aromatic heterocycles. The van der Waals surface area contributed by atoms with Gasteiger partial charge in [0, 0.05) is 11.1 Å². The lowest BCUT2D eigenvalue weighted by Crippen LogP contribution is -2.03. The lowest BCUT2D eigenvalue weighted by atomic mass is 10.0. The predicted molar refractivity (Wildman–Crippen MR) is 70.8 cm³/mol. The minimum atomic E-state index is -0.385. The van der Waals surface area contributed by atoms with E-state index in [1.165, 1.54) is 6.07 Å². The Bertz CT molecular complexity index is 620. The number of benzene rings is 2. The molecule has 0 N–H and O–H groups in total. The van der Waals surface area contributed by atoms with Crippen LogP contribution >= 0.6 is 11.6 Å². The van der Waals surface area contributed by atoms with Crippen LogP contribution in [-0.2, 0) is 0 Å². The molecule has 0 aliphatic carbocycles. The lowest BCUT2D eigenvalue weighted by molar-refractivity contribution is 0.103. The molecule has 0 aliphatic heterocycles. The smallest absolute Gasteiger partial charge is 0.194 e. The molecule has 0 spiro atoms. The zero-order valence-corrected chi connectivity index (χ0v) is 10.9. The van der Waals surface area contributed by atoms with Gasteiger partial charge in [0.15, 0.2) is 5.78 Å². The molecule has 0 aliphatic rings. The first-order valence-electron chi connectivity index (χ1n) is 5.56. The van der Waals surface area contributed by atoms with Crippen LogP contribution in [0, 0.1) is 19.7 Å². The van der Waals surface area contributed by atoms with Gasteiger partial charge in [0.05, 0.1) is 5.02 Å². The second-order valence-corrected chi connectivity index (χ2v) is 4.68. The van der Waals surface area contributed by atoms with Gasteiger partial charge >= 0.3 is 0 Å². The van der Waals surface area contributed by atoms with Crippen LogP contribution in [0.5, 0.6) is 0 Å². The number of carbonyl (C=O) groups is 1. The average molecular weight is 263 g/mol. The third kappa shape index (κ3) is 2.44. The first kappa shape index (κ1) is 12.8. The molecule has 0 atom stereocenters. The number of carbonyl (C=O) groups excluding carboxylic acids is 1. The quantitative estimate of drug-likeness (QED) is 0.737. The van der Waals surface area contributed by atoms with Crippen molar-refractivity contribution in [1.29, 1.82) is 0 Å². The molecule has 0 heterocycles. The maximum atomic E-state index is 13.4. The van der Waals surface area contributed by atoms with Crippen molar-refractivity contribution in [1.82, 2.24) is 0 Å². The summed E-state index contributed by atoms with van der Waals surface area (Å²) in [5, 5.41) is 0.390. The normalized spacial score (nSPS) is 10.4. The van der Waals surface area contributed by atoms with E-state index in [-0.39, 0.29) is 11.6 Å². The largest absolute Gasteiger partial charge is 0.289 e. The molecule has 0 saturated carbocycles. The van der Waals surface area contributed by atoms with Gasteiger partial charge in [-0.05, 0) is 43.2 Å². The van der Waals surface area contributed by atoms with Crippen LogP contribution < -0.4 is 0 Å². The van der Waals surface area contributed by atoms with E-state index in [1.54, 1.807) is 31.2 Å². The fraction of sp³-hybridized carbons (Fsp3) is 0.133. The molecule has 18 heavy (non-hydrogen) atoms. The number of hydrogen-bond donors (Lipinski definition) is 0. The summed E-state index contributed by atoms with van der Waals surface area (Å²) in [6.07, 6.45) is 0. The van der Waals surface area contributed by atoms with E-state index >= 15 is 0 Å². The molecular formula is C15H12ClFO. The molecule has 0 unspecified atom stereocenters. The van der Waals surface area contributed by atoms with Gasteiger partial charge in [-0.3, -0.25) is 4.79 Å². The third-order valence-electron chi connectivity index (χ3n) is 2.80. The van der Waals surface area contributed by atoms with Gasteiger partial charge in [0.2, 0.25) is 0 Å². The molecule has 0 bridgehead atoms. The van der Waals surface area contributed by atoms with Crippen molar-refractivity contribution in [2.24, 2.45) is 0 Å². The van der Waals surface area contributed by atoms with Gasteiger partial charge < -0.3 is 0 Å². The highest BCUT2D eigenvalue weighted by Gasteiger charge is 2.14. The molecule has 0 radical (unpaired) electrons. The highest BCUT2D eigenvalue weighted by molar-refractivity contribution is 6.35. The van der Waals surface area contributed by atoms with Crippen molar-refractivity contribution in [3.05, 3.63) is 69.5 Å². The van der Waals surface area contributed by atoms with E-state index in [9.17, 15) is 9.18 Å². The predicted octanol–water partition coefficient (Wildman–Crippen LogP) is 4.33. The number of rotatable bonds is 2. The van der Waals surface area contributed by atoms with Crippen LogP contribution in [0.4, 0.5) is 4.39 Å². The van der Waals surface area contributed by atoms with Crippen LogP contribution in [0.3, 0.4) is 0 Å². The first-order valence-corrected chi connectivity index (χ1v) is 5.94. The minimum Gasteiger partial charge on any atom is -0.289 e. The van der Waals surface area contributed by atoms with Crippen LogP contribution in [0.2, 0.25) is 5.02 Å². The molecule has 3 heteroatoms. The fourth-order valence-electron chi connectivity index (χ4n) is 1.69. The van der Waals surface area contributed by atoms with Gasteiger partial charge in [-0.15, -0.1) is 0 Å². The third-order valence-corrected chi connectivity index (χ3v) is 3.12. The van der Waals surface area contributed by atoms with Crippen molar-refractivity contribution in [3.63, 3.8) is 0 Å². The maximum absolute atomic E-state index is 13.4. The Kier molecular flexibility index (Phi) is 3.48. The number of halogens is 2. The summed E-state index contributed by atoms with van der Waals surface area (Å²) in [6.45, 7) is 3.55. The van der Waals surface area contributed by atoms with E-state index in [4.69, 9.17) is 11.6 Å². The van der Waals surface area contributed by atoms with E-state index < -0.39 is 0 Å². The Hall–Kier alpha value is -1.67. The summed E-state index contributed by atoms with van der Waals surface area (Å²) < 4.78 is 13.4. The lowest BCUT2D eigenvalue weighted by Gasteiger charge is -2.05. The van der Waals surface area contributed by atoms with E-state index in [2.05, 4.69) is 0 Å². The second-order valence-electron chi connectivity index (χ2n) is 4.28. The Labute approximate surface area is 110 Å². The molecule has 0 fully saturated rings. The number of hydrogen-bond acceptors (Lipinski definition) is 1. The molecule has 0 amide bonds. The summed E-state index contributed by atoms with van der Waals surface area (Å²) >= 11 is 6.03. The maximum Gasteiger partial charge on any atom is 0.194 e. The Morgan fingerprint density at radius 1 is 1.11 bits per heavy atom. The van der Waals surface area contributed by atoms with E-state index in [1.807, 2.05) is 13.0 Å². The van der Waals surface area contributed by atoms with Gasteiger partial charge in [-0.1, -0.05) is 29.8 Å². The summed E-state index contributed by atoms with van der Waals surface area (Å²) in [7, 11) is 0. The number of aryl methyl sites for hydroxylation is 2. The Morgan fingerprint density at radius 3 is 2.44 bits per heavy atom. The van der Waals surface area contributed by atoms with Gasteiger partial charge in [-0.25, -0.2) is 4.39 Å². The minimum absolute atomic E-state index is 0.265. The zero-order chi connectivity index (χ0) is 13.3. The molecule has 2 rings (SSSR count). The molecule has 2 aromatic carbocycles. The molecule has 92 valence electrons. The first-order chi connectivity index (χ1) is 8.49.